The molecule has 0 radical (unpaired) electrons. The van der Waals surface area contributed by atoms with Gasteiger partial charge in [-0.1, -0.05) is 30.3 Å². The first-order valence-corrected chi connectivity index (χ1v) is 8.19. The number of aryl methyl sites for hydroxylation is 1. The van der Waals surface area contributed by atoms with Gasteiger partial charge < -0.3 is 15.7 Å². The number of carbonyl (C=O) groups is 1. The Hall–Kier alpha value is -1.20. The predicted molar refractivity (Wildman–Crippen MR) is 83.1 cm³/mol. The van der Waals surface area contributed by atoms with Gasteiger partial charge in [0.25, 0.3) is 0 Å². The summed E-state index contributed by atoms with van der Waals surface area (Å²) in [6.45, 7) is 0.985. The molecule has 4 nitrogen and oxygen atoms in total. The van der Waals surface area contributed by atoms with E-state index in [0.717, 1.165) is 25.0 Å². The number of benzene rings is 1. The maximum absolute atomic E-state index is 11.6. The predicted octanol–water partition coefficient (Wildman–Crippen LogP) is 1.79. The highest BCUT2D eigenvalue weighted by molar-refractivity contribution is 7.99. The van der Waals surface area contributed by atoms with Gasteiger partial charge in [0.05, 0.1) is 5.60 Å². The van der Waals surface area contributed by atoms with Gasteiger partial charge in [0, 0.05) is 18.8 Å². The normalized spacial score (nSPS) is 21.6. The highest BCUT2D eigenvalue weighted by atomic mass is 32.2. The molecule has 1 atom stereocenters. The summed E-state index contributed by atoms with van der Waals surface area (Å²) in [5.41, 5.74) is 0.568. The summed E-state index contributed by atoms with van der Waals surface area (Å²) in [6, 6.07) is 10.0. The standard InChI is InChI=1S/C15H22N2O2S/c18-14(17-11-15(19)8-10-20-12-15)16-9-4-7-13-5-2-1-3-6-13/h1-3,5-6,19H,4,7-12H2,(H2,16,17,18). The van der Waals surface area contributed by atoms with Crippen LogP contribution < -0.4 is 10.6 Å². The summed E-state index contributed by atoms with van der Waals surface area (Å²) in [5, 5.41) is 15.7. The van der Waals surface area contributed by atoms with Crippen molar-refractivity contribution in [3.63, 3.8) is 0 Å². The molecule has 0 aromatic heterocycles. The second-order valence-corrected chi connectivity index (χ2v) is 6.33. The number of carbonyl (C=O) groups excluding carboxylic acids is 1. The van der Waals surface area contributed by atoms with Crippen LogP contribution in [0.3, 0.4) is 0 Å². The van der Waals surface area contributed by atoms with E-state index in [-0.39, 0.29) is 6.03 Å². The Bertz CT molecular complexity index is 419. The van der Waals surface area contributed by atoms with E-state index in [1.54, 1.807) is 11.8 Å². The van der Waals surface area contributed by atoms with Gasteiger partial charge in [0.2, 0.25) is 0 Å². The number of rotatable bonds is 6. The number of urea groups is 1. The van der Waals surface area contributed by atoms with Gasteiger partial charge in [-0.3, -0.25) is 0 Å². The van der Waals surface area contributed by atoms with E-state index in [2.05, 4.69) is 22.8 Å². The van der Waals surface area contributed by atoms with Crippen LogP contribution in [-0.4, -0.2) is 41.3 Å². The Morgan fingerprint density at radius 1 is 1.30 bits per heavy atom. The molecule has 0 aliphatic carbocycles. The monoisotopic (exact) mass is 294 g/mol. The molecule has 1 heterocycles. The Morgan fingerprint density at radius 2 is 2.10 bits per heavy atom. The molecule has 5 heteroatoms. The van der Waals surface area contributed by atoms with Crippen LogP contribution in [0.2, 0.25) is 0 Å². The molecule has 3 N–H and O–H groups in total. The minimum absolute atomic E-state index is 0.191. The van der Waals surface area contributed by atoms with Gasteiger partial charge >= 0.3 is 6.03 Å². The van der Waals surface area contributed by atoms with Gasteiger partial charge in [-0.2, -0.15) is 11.8 Å². The van der Waals surface area contributed by atoms with Crippen LogP contribution in [0.25, 0.3) is 0 Å². The maximum Gasteiger partial charge on any atom is 0.314 e. The molecule has 0 saturated carbocycles. The lowest BCUT2D eigenvalue weighted by molar-refractivity contribution is 0.0700. The van der Waals surface area contributed by atoms with E-state index < -0.39 is 5.60 Å². The third kappa shape index (κ3) is 5.06. The number of nitrogens with one attached hydrogen (secondary N) is 2. The molecule has 0 bridgehead atoms. The topological polar surface area (TPSA) is 61.4 Å². The van der Waals surface area contributed by atoms with E-state index in [0.29, 0.717) is 18.8 Å². The highest BCUT2D eigenvalue weighted by Crippen LogP contribution is 2.26. The maximum atomic E-state index is 11.6. The summed E-state index contributed by atoms with van der Waals surface area (Å²) < 4.78 is 0. The molecule has 1 fully saturated rings. The van der Waals surface area contributed by atoms with Crippen LogP contribution in [0.4, 0.5) is 4.79 Å². The highest BCUT2D eigenvalue weighted by Gasteiger charge is 2.31. The van der Waals surface area contributed by atoms with Crippen molar-refractivity contribution < 1.29 is 9.90 Å². The molecule has 1 aliphatic heterocycles. The zero-order valence-electron chi connectivity index (χ0n) is 11.6. The first-order valence-electron chi connectivity index (χ1n) is 7.04. The van der Waals surface area contributed by atoms with Crippen molar-refractivity contribution in [3.05, 3.63) is 35.9 Å². The molecule has 1 aromatic rings. The Labute approximate surface area is 124 Å². The zero-order chi connectivity index (χ0) is 14.3. The van der Waals surface area contributed by atoms with E-state index in [1.807, 2.05) is 18.2 Å². The average molecular weight is 294 g/mol. The number of thioether (sulfide) groups is 1. The molecular weight excluding hydrogens is 272 g/mol. The fourth-order valence-corrected chi connectivity index (χ4v) is 3.48. The van der Waals surface area contributed by atoms with E-state index in [4.69, 9.17) is 0 Å². The third-order valence-corrected chi connectivity index (χ3v) is 4.67. The van der Waals surface area contributed by atoms with E-state index in [1.165, 1.54) is 5.56 Å². The summed E-state index contributed by atoms with van der Waals surface area (Å²) in [5.74, 6) is 1.68. The van der Waals surface area contributed by atoms with Gasteiger partial charge in [-0.05, 0) is 30.6 Å². The summed E-state index contributed by atoms with van der Waals surface area (Å²) >= 11 is 1.73. The van der Waals surface area contributed by atoms with E-state index in [9.17, 15) is 9.90 Å². The largest absolute Gasteiger partial charge is 0.387 e. The molecule has 20 heavy (non-hydrogen) atoms. The van der Waals surface area contributed by atoms with Crippen LogP contribution in [-0.2, 0) is 6.42 Å². The minimum Gasteiger partial charge on any atom is -0.387 e. The first kappa shape index (κ1) is 15.2. The van der Waals surface area contributed by atoms with Crippen molar-refractivity contribution in [2.24, 2.45) is 0 Å². The molecule has 1 aromatic carbocycles. The van der Waals surface area contributed by atoms with Crippen LogP contribution in [0.15, 0.2) is 30.3 Å². The molecule has 1 unspecified atom stereocenters. The quantitative estimate of drug-likeness (QED) is 0.701. The fraction of sp³-hybridized carbons (Fsp3) is 0.533. The Balaban J connectivity index is 1.56. The van der Waals surface area contributed by atoms with Crippen molar-refractivity contribution >= 4 is 17.8 Å². The van der Waals surface area contributed by atoms with Crippen molar-refractivity contribution in [1.29, 1.82) is 0 Å². The summed E-state index contributed by atoms with van der Waals surface area (Å²) in [4.78, 5) is 11.6. The number of aliphatic hydroxyl groups is 1. The lowest BCUT2D eigenvalue weighted by Gasteiger charge is -2.21. The Kier molecular flexibility index (Phi) is 5.73. The van der Waals surface area contributed by atoms with Crippen molar-refractivity contribution in [2.45, 2.75) is 24.9 Å². The molecular formula is C15H22N2O2S. The SMILES string of the molecule is O=C(NCCCc1ccccc1)NCC1(O)CCSC1. The van der Waals surface area contributed by atoms with Crippen LogP contribution in [0, 0.1) is 0 Å². The van der Waals surface area contributed by atoms with Crippen molar-refractivity contribution in [3.8, 4) is 0 Å². The van der Waals surface area contributed by atoms with Gasteiger partial charge in [0.15, 0.2) is 0 Å². The van der Waals surface area contributed by atoms with Gasteiger partial charge in [-0.15, -0.1) is 0 Å². The van der Waals surface area contributed by atoms with Gasteiger partial charge in [0.1, 0.15) is 0 Å². The molecule has 110 valence electrons. The average Bonchev–Trinajstić information content (AvgIpc) is 2.90. The second-order valence-electron chi connectivity index (χ2n) is 5.23. The molecule has 1 saturated heterocycles. The van der Waals surface area contributed by atoms with Gasteiger partial charge in [-0.25, -0.2) is 4.79 Å². The number of amides is 2. The van der Waals surface area contributed by atoms with Crippen molar-refractivity contribution in [2.75, 3.05) is 24.6 Å². The number of hydrogen-bond donors (Lipinski definition) is 3. The molecule has 2 amide bonds. The third-order valence-electron chi connectivity index (χ3n) is 3.43. The van der Waals surface area contributed by atoms with Crippen LogP contribution in [0.5, 0.6) is 0 Å². The fourth-order valence-electron chi connectivity index (χ4n) is 2.18. The lowest BCUT2D eigenvalue weighted by atomic mass is 10.0. The van der Waals surface area contributed by atoms with Crippen molar-refractivity contribution in [1.82, 2.24) is 10.6 Å². The second kappa shape index (κ2) is 7.55. The Morgan fingerprint density at radius 3 is 2.80 bits per heavy atom. The molecule has 1 aliphatic rings. The smallest absolute Gasteiger partial charge is 0.314 e. The molecule has 2 rings (SSSR count). The van der Waals surface area contributed by atoms with Crippen LogP contribution in [0.1, 0.15) is 18.4 Å². The lowest BCUT2D eigenvalue weighted by Crippen LogP contribution is -2.46. The number of hydrogen-bond acceptors (Lipinski definition) is 3. The minimum atomic E-state index is -0.716. The molecule has 0 spiro atoms. The summed E-state index contributed by atoms with van der Waals surface area (Å²) in [6.07, 6.45) is 2.63. The first-order chi connectivity index (χ1) is 9.68. The van der Waals surface area contributed by atoms with E-state index >= 15 is 0 Å². The summed E-state index contributed by atoms with van der Waals surface area (Å²) in [7, 11) is 0. The van der Waals surface area contributed by atoms with Crippen LogP contribution >= 0.6 is 11.8 Å². The zero-order valence-corrected chi connectivity index (χ0v) is 12.4.